The number of aliphatic hydroxyl groups excluding tert-OH is 1. The summed E-state index contributed by atoms with van der Waals surface area (Å²) in [5.41, 5.74) is 1.90. The van der Waals surface area contributed by atoms with Gasteiger partial charge in [-0.15, -0.1) is 0 Å². The topological polar surface area (TPSA) is 29.5 Å². The third-order valence-corrected chi connectivity index (χ3v) is 2.87. The molecule has 1 aromatic rings. The van der Waals surface area contributed by atoms with Gasteiger partial charge in [-0.25, -0.2) is 0 Å². The van der Waals surface area contributed by atoms with Gasteiger partial charge in [-0.1, -0.05) is 29.8 Å². The summed E-state index contributed by atoms with van der Waals surface area (Å²) in [7, 11) is 0. The van der Waals surface area contributed by atoms with E-state index in [4.69, 9.17) is 4.74 Å². The third kappa shape index (κ3) is 3.62. The van der Waals surface area contributed by atoms with E-state index in [1.165, 1.54) is 5.56 Å². The fraction of sp³-hybridized carbons (Fsp3) is 0.571. The second-order valence-electron chi connectivity index (χ2n) is 4.74. The first-order valence-electron chi connectivity index (χ1n) is 5.83. The fourth-order valence-electron chi connectivity index (χ4n) is 1.66. The highest BCUT2D eigenvalue weighted by Crippen LogP contribution is 2.19. The standard InChI is InChI=1S/C14H22O2/c1-5-16-14(3,4)13(15)10-12-8-6-11(2)7-9-12/h6-9,13,15H,5,10H2,1-4H3. The molecule has 1 atom stereocenters. The average molecular weight is 222 g/mol. The average Bonchev–Trinajstić information content (AvgIpc) is 2.21. The molecule has 0 aliphatic heterocycles. The molecule has 0 heterocycles. The molecule has 0 aromatic heterocycles. The van der Waals surface area contributed by atoms with Crippen molar-refractivity contribution in [3.8, 4) is 0 Å². The zero-order chi connectivity index (χ0) is 12.2. The molecule has 1 rings (SSSR count). The lowest BCUT2D eigenvalue weighted by Gasteiger charge is -2.30. The number of benzene rings is 1. The van der Waals surface area contributed by atoms with Crippen molar-refractivity contribution < 1.29 is 9.84 Å². The minimum atomic E-state index is -0.486. The maximum absolute atomic E-state index is 10.1. The van der Waals surface area contributed by atoms with E-state index < -0.39 is 11.7 Å². The van der Waals surface area contributed by atoms with Crippen molar-refractivity contribution in [3.63, 3.8) is 0 Å². The molecule has 90 valence electrons. The van der Waals surface area contributed by atoms with E-state index in [0.29, 0.717) is 13.0 Å². The number of hydrogen-bond acceptors (Lipinski definition) is 2. The predicted octanol–water partition coefficient (Wildman–Crippen LogP) is 2.71. The molecule has 2 heteroatoms. The van der Waals surface area contributed by atoms with Crippen LogP contribution in [-0.2, 0) is 11.2 Å². The van der Waals surface area contributed by atoms with Gasteiger partial charge in [0.2, 0.25) is 0 Å². The monoisotopic (exact) mass is 222 g/mol. The first-order valence-corrected chi connectivity index (χ1v) is 5.83. The molecule has 2 nitrogen and oxygen atoms in total. The lowest BCUT2D eigenvalue weighted by atomic mass is 9.94. The zero-order valence-electron chi connectivity index (χ0n) is 10.7. The van der Waals surface area contributed by atoms with Gasteiger partial charge in [-0.2, -0.15) is 0 Å². The normalized spacial score (nSPS) is 13.8. The van der Waals surface area contributed by atoms with Crippen molar-refractivity contribution in [2.24, 2.45) is 0 Å². The fourth-order valence-corrected chi connectivity index (χ4v) is 1.66. The van der Waals surface area contributed by atoms with Crippen molar-refractivity contribution in [3.05, 3.63) is 35.4 Å². The molecular weight excluding hydrogens is 200 g/mol. The summed E-state index contributed by atoms with van der Waals surface area (Å²) in [6.07, 6.45) is 0.156. The van der Waals surface area contributed by atoms with E-state index in [2.05, 4.69) is 31.2 Å². The number of hydrogen-bond donors (Lipinski definition) is 1. The largest absolute Gasteiger partial charge is 0.390 e. The van der Waals surface area contributed by atoms with Crippen LogP contribution < -0.4 is 0 Å². The molecule has 0 amide bonds. The summed E-state index contributed by atoms with van der Waals surface area (Å²) < 4.78 is 5.54. The Kier molecular flexibility index (Phi) is 4.51. The molecule has 1 aromatic carbocycles. The Labute approximate surface area is 98.3 Å². The highest BCUT2D eigenvalue weighted by Gasteiger charge is 2.28. The summed E-state index contributed by atoms with van der Waals surface area (Å²) in [6.45, 7) is 8.48. The molecule has 0 aliphatic rings. The van der Waals surface area contributed by atoms with Crippen molar-refractivity contribution in [1.29, 1.82) is 0 Å². The van der Waals surface area contributed by atoms with Gasteiger partial charge in [0, 0.05) is 13.0 Å². The maximum Gasteiger partial charge on any atom is 0.0887 e. The summed E-state index contributed by atoms with van der Waals surface area (Å²) in [5, 5.41) is 10.1. The first-order chi connectivity index (χ1) is 7.45. The highest BCUT2D eigenvalue weighted by molar-refractivity contribution is 5.22. The first kappa shape index (κ1) is 13.2. The molecule has 0 saturated carbocycles. The second kappa shape index (κ2) is 5.46. The quantitative estimate of drug-likeness (QED) is 0.830. The van der Waals surface area contributed by atoms with Gasteiger partial charge in [0.1, 0.15) is 0 Å². The van der Waals surface area contributed by atoms with Gasteiger partial charge >= 0.3 is 0 Å². The lowest BCUT2D eigenvalue weighted by Crippen LogP contribution is -2.40. The molecular formula is C14H22O2. The van der Waals surface area contributed by atoms with Crippen molar-refractivity contribution in [2.45, 2.75) is 45.8 Å². The molecule has 0 spiro atoms. The van der Waals surface area contributed by atoms with Gasteiger partial charge in [-0.3, -0.25) is 0 Å². The Morgan fingerprint density at radius 3 is 2.31 bits per heavy atom. The summed E-state index contributed by atoms with van der Waals surface area (Å²) in [4.78, 5) is 0. The van der Waals surface area contributed by atoms with Crippen LogP contribution in [0.4, 0.5) is 0 Å². The van der Waals surface area contributed by atoms with Crippen molar-refractivity contribution in [1.82, 2.24) is 0 Å². The van der Waals surface area contributed by atoms with Crippen LogP contribution >= 0.6 is 0 Å². The van der Waals surface area contributed by atoms with E-state index >= 15 is 0 Å². The Hall–Kier alpha value is -0.860. The molecule has 1 unspecified atom stereocenters. The third-order valence-electron chi connectivity index (χ3n) is 2.87. The molecule has 0 bridgehead atoms. The van der Waals surface area contributed by atoms with Crippen molar-refractivity contribution >= 4 is 0 Å². The van der Waals surface area contributed by atoms with E-state index in [9.17, 15) is 5.11 Å². The molecule has 0 saturated heterocycles. The Morgan fingerprint density at radius 1 is 1.25 bits per heavy atom. The molecule has 0 fully saturated rings. The maximum atomic E-state index is 10.1. The van der Waals surface area contributed by atoms with Gasteiger partial charge in [0.25, 0.3) is 0 Å². The highest BCUT2D eigenvalue weighted by atomic mass is 16.5. The number of aliphatic hydroxyl groups is 1. The molecule has 0 aliphatic carbocycles. The summed E-state index contributed by atoms with van der Waals surface area (Å²) >= 11 is 0. The van der Waals surface area contributed by atoms with Crippen LogP contribution in [0.2, 0.25) is 0 Å². The number of aryl methyl sites for hydroxylation is 1. The van der Waals surface area contributed by atoms with Crippen LogP contribution in [0, 0.1) is 6.92 Å². The smallest absolute Gasteiger partial charge is 0.0887 e. The van der Waals surface area contributed by atoms with Gasteiger partial charge < -0.3 is 9.84 Å². The predicted molar refractivity (Wildman–Crippen MR) is 66.6 cm³/mol. The molecule has 0 radical (unpaired) electrons. The van der Waals surface area contributed by atoms with Crippen LogP contribution in [-0.4, -0.2) is 23.4 Å². The number of ether oxygens (including phenoxy) is 1. The number of rotatable bonds is 5. The zero-order valence-corrected chi connectivity index (χ0v) is 10.7. The minimum absolute atomic E-state index is 0.477. The van der Waals surface area contributed by atoms with Crippen LogP contribution in [0.5, 0.6) is 0 Å². The summed E-state index contributed by atoms with van der Waals surface area (Å²) in [6, 6.07) is 8.24. The second-order valence-corrected chi connectivity index (χ2v) is 4.74. The van der Waals surface area contributed by atoms with Crippen LogP contribution in [0.25, 0.3) is 0 Å². The Bertz CT molecular complexity index is 314. The van der Waals surface area contributed by atoms with E-state index in [-0.39, 0.29) is 0 Å². The Morgan fingerprint density at radius 2 is 1.81 bits per heavy atom. The van der Waals surface area contributed by atoms with Crippen LogP contribution in [0.1, 0.15) is 31.9 Å². The van der Waals surface area contributed by atoms with E-state index in [0.717, 1.165) is 5.56 Å². The van der Waals surface area contributed by atoms with Crippen molar-refractivity contribution in [2.75, 3.05) is 6.61 Å². The van der Waals surface area contributed by atoms with Crippen LogP contribution in [0.3, 0.4) is 0 Å². The lowest BCUT2D eigenvalue weighted by molar-refractivity contribution is -0.0955. The summed E-state index contributed by atoms with van der Waals surface area (Å²) in [5.74, 6) is 0. The minimum Gasteiger partial charge on any atom is -0.390 e. The van der Waals surface area contributed by atoms with Gasteiger partial charge in [0.05, 0.1) is 11.7 Å². The van der Waals surface area contributed by atoms with Crippen LogP contribution in [0.15, 0.2) is 24.3 Å². The SMILES string of the molecule is CCOC(C)(C)C(O)Cc1ccc(C)cc1. The van der Waals surface area contributed by atoms with E-state index in [1.807, 2.05) is 20.8 Å². The Balaban J connectivity index is 2.63. The molecule has 16 heavy (non-hydrogen) atoms. The van der Waals surface area contributed by atoms with Gasteiger partial charge in [0.15, 0.2) is 0 Å². The molecule has 1 N–H and O–H groups in total. The van der Waals surface area contributed by atoms with Gasteiger partial charge in [-0.05, 0) is 33.3 Å². The van der Waals surface area contributed by atoms with E-state index in [1.54, 1.807) is 0 Å².